The largest absolute Gasteiger partial charge is 0 e. The van der Waals surface area contributed by atoms with E-state index in [0.29, 0.717) is 0 Å². The van der Waals surface area contributed by atoms with Crippen LogP contribution in [0.4, 0.5) is 9.41 Å². The van der Waals surface area contributed by atoms with Gasteiger partial charge in [-0.2, -0.15) is 0 Å². The summed E-state index contributed by atoms with van der Waals surface area (Å²) in [6.07, 6.45) is 0. The summed E-state index contributed by atoms with van der Waals surface area (Å²) in [6.45, 7) is 7.72. The average Bonchev–Trinajstić information content (AvgIpc) is 1.92. The Morgan fingerprint density at radius 3 is 0.562 bits per heavy atom. The molecule has 0 saturated heterocycles. The summed E-state index contributed by atoms with van der Waals surface area (Å²) in [5, 5.41) is 30.3. The second kappa shape index (κ2) is 151. The molecule has 0 atom stereocenters. The van der Waals surface area contributed by atoms with Crippen molar-refractivity contribution in [1.29, 1.82) is 0 Å². The molecule has 108 valence electrons. The van der Waals surface area contributed by atoms with Crippen molar-refractivity contribution in [2.75, 3.05) is 26.4 Å². The van der Waals surface area contributed by atoms with Crippen LogP contribution in [0.1, 0.15) is 27.7 Å². The monoisotopic (exact) mass is 376 g/mol. The van der Waals surface area contributed by atoms with Gasteiger partial charge in [0, 0.05) is 44.0 Å². The van der Waals surface area contributed by atoms with Crippen LogP contribution >= 0.6 is 0 Å². The van der Waals surface area contributed by atoms with E-state index in [1.54, 1.807) is 27.7 Å². The molecule has 0 saturated carbocycles. The molecule has 0 rings (SSSR count). The normalized spacial score (nSPS) is 4.50. The average molecular weight is 374 g/mol. The molecule has 4 nitrogen and oxygen atoms in total. The second-order valence-electron chi connectivity index (χ2n) is 1.26. The predicted octanol–water partition coefficient (Wildman–Crippen LogP) is -1.53. The van der Waals surface area contributed by atoms with E-state index in [9.17, 15) is 0 Å². The zero-order chi connectivity index (χ0) is 10.8. The molecule has 0 fully saturated rings. The topological polar surface area (TPSA) is 80.9 Å². The molecule has 0 aromatic heterocycles. The van der Waals surface area contributed by atoms with Gasteiger partial charge in [0.25, 0.3) is 0 Å². The van der Waals surface area contributed by atoms with E-state index in [4.69, 9.17) is 20.4 Å². The summed E-state index contributed by atoms with van der Waals surface area (Å²) in [6, 6.07) is 0. The molecule has 0 spiro atoms. The molecule has 16 heavy (non-hydrogen) atoms. The fraction of sp³-hybridized carbons (Fsp3) is 1.00. The van der Waals surface area contributed by atoms with E-state index in [0.717, 1.165) is 0 Å². The van der Waals surface area contributed by atoms with Crippen molar-refractivity contribution in [3.05, 3.63) is 0 Å². The van der Waals surface area contributed by atoms with E-state index in [1.165, 1.54) is 0 Å². The van der Waals surface area contributed by atoms with Crippen LogP contribution in [0, 0.1) is 0 Å². The Bertz CT molecular complexity index is 36.0. The number of halogens is 2. The number of aliphatic hydroxyl groups excluding tert-OH is 4. The van der Waals surface area contributed by atoms with E-state index < -0.39 is 0 Å². The Labute approximate surface area is 119 Å². The third-order valence-corrected chi connectivity index (χ3v) is 0. The maximum absolute atomic E-state index is 7.57. The van der Waals surface area contributed by atoms with Crippen molar-refractivity contribution in [1.82, 2.24) is 0 Å². The third kappa shape index (κ3) is 4550. The first-order chi connectivity index (χ1) is 5.66. The SMILES string of the molecule is CCO.CCO.CCO.CCO.F.F.[GeH4].[Ge]. The molecule has 0 amide bonds. The minimum absolute atomic E-state index is 0. The molecule has 0 heterocycles. The van der Waals surface area contributed by atoms with Crippen LogP contribution in [0.15, 0.2) is 0 Å². The smallest absolute Gasteiger partial charge is 0 e. The van der Waals surface area contributed by atoms with Crippen molar-refractivity contribution in [2.45, 2.75) is 27.7 Å². The Morgan fingerprint density at radius 1 is 0.562 bits per heavy atom. The maximum atomic E-state index is 7.57. The Kier molecular flexibility index (Phi) is 510. The molecule has 0 aromatic rings. The van der Waals surface area contributed by atoms with Gasteiger partial charge < -0.3 is 20.4 Å². The minimum atomic E-state index is 0. The first-order valence-electron chi connectivity index (χ1n) is 4.09. The Balaban J connectivity index is -0.00000000821. The molecule has 4 N–H and O–H groups in total. The van der Waals surface area contributed by atoms with Gasteiger partial charge in [0.05, 0.1) is 0 Å². The first-order valence-corrected chi connectivity index (χ1v) is 4.09. The summed E-state index contributed by atoms with van der Waals surface area (Å²) in [4.78, 5) is 0. The molecule has 0 aliphatic carbocycles. The Morgan fingerprint density at radius 2 is 0.562 bits per heavy atom. The van der Waals surface area contributed by atoms with Gasteiger partial charge in [0.15, 0.2) is 0 Å². The number of rotatable bonds is 0. The number of hydrogen-bond donors (Lipinski definition) is 4. The summed E-state index contributed by atoms with van der Waals surface area (Å²) in [5.41, 5.74) is 0. The number of aliphatic hydroxyl groups is 4. The molecular weight excluding hydrogens is 343 g/mol. The molecule has 4 radical (unpaired) electrons. The quantitative estimate of drug-likeness (QED) is 0.388. The molecule has 0 unspecified atom stereocenters. The van der Waals surface area contributed by atoms with Crippen LogP contribution in [0.3, 0.4) is 0 Å². The van der Waals surface area contributed by atoms with Gasteiger partial charge >= 0.3 is 17.6 Å². The predicted molar refractivity (Wildman–Crippen MR) is 73.1 cm³/mol. The first kappa shape index (κ1) is 54.2. The number of hydrogen-bond acceptors (Lipinski definition) is 4. The van der Waals surface area contributed by atoms with E-state index >= 15 is 0 Å². The van der Waals surface area contributed by atoms with Gasteiger partial charge in [-0.25, -0.2) is 0 Å². The fourth-order valence-corrected chi connectivity index (χ4v) is 0. The van der Waals surface area contributed by atoms with Crippen LogP contribution in [-0.2, 0) is 0 Å². The van der Waals surface area contributed by atoms with Crippen molar-refractivity contribution >= 4 is 35.2 Å². The molecule has 8 heteroatoms. The van der Waals surface area contributed by atoms with Crippen molar-refractivity contribution in [3.8, 4) is 0 Å². The van der Waals surface area contributed by atoms with Gasteiger partial charge in [-0.05, 0) is 27.7 Å². The van der Waals surface area contributed by atoms with Crippen molar-refractivity contribution < 1.29 is 29.8 Å². The van der Waals surface area contributed by atoms with Gasteiger partial charge in [-0.15, -0.1) is 0 Å². The molecule has 0 aliphatic heterocycles. The summed E-state index contributed by atoms with van der Waals surface area (Å²) >= 11 is 0. The molecule has 0 aromatic carbocycles. The van der Waals surface area contributed by atoms with Gasteiger partial charge in [-0.3, -0.25) is 9.41 Å². The van der Waals surface area contributed by atoms with Gasteiger partial charge in [0.2, 0.25) is 0 Å². The van der Waals surface area contributed by atoms with E-state index in [-0.39, 0.29) is 71.0 Å². The molecular formula is C8H30F2Ge2O4. The standard InChI is InChI=1S/4C2H6O.2FH.GeH4.Ge/c4*1-2-3;;;;/h4*3H,2H2,1H3;2*1H;1H4;. The summed E-state index contributed by atoms with van der Waals surface area (Å²) in [7, 11) is 0. The van der Waals surface area contributed by atoms with Crippen molar-refractivity contribution in [3.63, 3.8) is 0 Å². The fourth-order valence-electron chi connectivity index (χ4n) is 0. The van der Waals surface area contributed by atoms with Crippen LogP contribution in [0.5, 0.6) is 0 Å². The van der Waals surface area contributed by atoms with Crippen LogP contribution < -0.4 is 0 Å². The zero-order valence-corrected chi connectivity index (χ0v) is 12.0. The Hall–Kier alpha value is 0.786. The second-order valence-corrected chi connectivity index (χ2v) is 1.26. The van der Waals surface area contributed by atoms with Gasteiger partial charge in [-0.1, -0.05) is 0 Å². The maximum Gasteiger partial charge on any atom is 0 e. The summed E-state index contributed by atoms with van der Waals surface area (Å²) in [5.74, 6) is 0. The third-order valence-electron chi connectivity index (χ3n) is 0. The zero-order valence-electron chi connectivity index (χ0n) is 9.93. The van der Waals surface area contributed by atoms with Gasteiger partial charge in [0.1, 0.15) is 0 Å². The van der Waals surface area contributed by atoms with E-state index in [2.05, 4.69) is 0 Å². The van der Waals surface area contributed by atoms with E-state index in [1.807, 2.05) is 0 Å². The van der Waals surface area contributed by atoms with Crippen LogP contribution in [0.2, 0.25) is 0 Å². The molecule has 0 bridgehead atoms. The van der Waals surface area contributed by atoms with Crippen molar-refractivity contribution in [2.24, 2.45) is 0 Å². The van der Waals surface area contributed by atoms with Crippen LogP contribution in [0.25, 0.3) is 0 Å². The minimum Gasteiger partial charge on any atom is 0 e. The summed E-state index contributed by atoms with van der Waals surface area (Å²) < 4.78 is 0. The van der Waals surface area contributed by atoms with Crippen LogP contribution in [-0.4, -0.2) is 82.0 Å². The molecule has 0 aliphatic rings.